The first kappa shape index (κ1) is 14.3. The minimum absolute atomic E-state index is 0.105. The highest BCUT2D eigenvalue weighted by molar-refractivity contribution is 5.93. The Balaban J connectivity index is 1.59. The topological polar surface area (TPSA) is 87.2 Å². The molecular weight excluding hydrogens is 294 g/mol. The van der Waals surface area contributed by atoms with Gasteiger partial charge in [-0.1, -0.05) is 6.07 Å². The van der Waals surface area contributed by atoms with Crippen LogP contribution in [-0.4, -0.2) is 33.9 Å². The Bertz CT molecular complexity index is 708. The lowest BCUT2D eigenvalue weighted by molar-refractivity contribution is 0.0235. The fourth-order valence-corrected chi connectivity index (χ4v) is 3.37. The van der Waals surface area contributed by atoms with E-state index in [0.29, 0.717) is 25.0 Å². The molecular formula is C17H19N3O3. The molecule has 0 saturated heterocycles. The van der Waals surface area contributed by atoms with Crippen LogP contribution in [0.2, 0.25) is 0 Å². The van der Waals surface area contributed by atoms with Crippen molar-refractivity contribution in [1.29, 1.82) is 0 Å². The first-order chi connectivity index (χ1) is 11.2. The summed E-state index contributed by atoms with van der Waals surface area (Å²) in [7, 11) is 0. The van der Waals surface area contributed by atoms with E-state index in [-0.39, 0.29) is 24.0 Å². The predicted molar refractivity (Wildman–Crippen MR) is 83.2 cm³/mol. The van der Waals surface area contributed by atoms with Crippen LogP contribution in [0.3, 0.4) is 0 Å². The number of benzene rings is 1. The van der Waals surface area contributed by atoms with Crippen molar-refractivity contribution >= 4 is 5.91 Å². The van der Waals surface area contributed by atoms with Crippen molar-refractivity contribution in [1.82, 2.24) is 15.5 Å². The first-order valence-electron chi connectivity index (χ1n) is 7.94. The molecule has 0 radical (unpaired) electrons. The SMILES string of the molecule is O=C(N[C@@H](c1ccc2c(c1)CCO2)C1CC(O)C1)c1cn[nH]c1. The van der Waals surface area contributed by atoms with Gasteiger partial charge < -0.3 is 15.2 Å². The number of nitrogens with zero attached hydrogens (tertiary/aromatic N) is 1. The number of rotatable bonds is 4. The van der Waals surface area contributed by atoms with Crippen molar-refractivity contribution in [2.75, 3.05) is 6.61 Å². The predicted octanol–water partition coefficient (Wildman–Crippen LogP) is 1.59. The van der Waals surface area contributed by atoms with Gasteiger partial charge in [-0.2, -0.15) is 5.10 Å². The number of fused-ring (bicyclic) bond motifs is 1. The summed E-state index contributed by atoms with van der Waals surface area (Å²) in [5, 5.41) is 19.2. The maximum Gasteiger partial charge on any atom is 0.254 e. The average Bonchev–Trinajstić information content (AvgIpc) is 3.19. The van der Waals surface area contributed by atoms with Gasteiger partial charge >= 0.3 is 0 Å². The van der Waals surface area contributed by atoms with Gasteiger partial charge in [0.05, 0.1) is 30.5 Å². The van der Waals surface area contributed by atoms with Crippen LogP contribution in [0.5, 0.6) is 5.75 Å². The Morgan fingerprint density at radius 3 is 3.04 bits per heavy atom. The van der Waals surface area contributed by atoms with Gasteiger partial charge in [0, 0.05) is 12.6 Å². The number of aliphatic hydroxyl groups is 1. The number of aliphatic hydroxyl groups excluding tert-OH is 1. The standard InChI is InChI=1S/C17H19N3O3/c21-14-6-12(7-14)16(20-17(22)13-8-18-19-9-13)11-1-2-15-10(5-11)3-4-23-15/h1-2,5,8-9,12,14,16,21H,3-4,6-7H2,(H,18,19)(H,20,22)/t12?,14?,16-/m0/s1. The fourth-order valence-electron chi connectivity index (χ4n) is 3.37. The van der Waals surface area contributed by atoms with Gasteiger partial charge in [-0.15, -0.1) is 0 Å². The summed E-state index contributed by atoms with van der Waals surface area (Å²) in [6.45, 7) is 0.715. The van der Waals surface area contributed by atoms with Crippen LogP contribution in [0, 0.1) is 5.92 Å². The number of aromatic nitrogens is 2. The van der Waals surface area contributed by atoms with E-state index in [2.05, 4.69) is 21.6 Å². The Labute approximate surface area is 133 Å². The molecule has 3 N–H and O–H groups in total. The molecule has 1 aliphatic heterocycles. The van der Waals surface area contributed by atoms with Gasteiger partial charge in [0.15, 0.2) is 0 Å². The monoisotopic (exact) mass is 313 g/mol. The van der Waals surface area contributed by atoms with Gasteiger partial charge in [-0.25, -0.2) is 0 Å². The van der Waals surface area contributed by atoms with Gasteiger partial charge in [0.25, 0.3) is 5.91 Å². The van der Waals surface area contributed by atoms with Crippen LogP contribution < -0.4 is 10.1 Å². The average molecular weight is 313 g/mol. The second-order valence-corrected chi connectivity index (χ2v) is 6.29. The highest BCUT2D eigenvalue weighted by atomic mass is 16.5. The third-order valence-electron chi connectivity index (χ3n) is 4.74. The number of hydrogen-bond acceptors (Lipinski definition) is 4. The maximum atomic E-state index is 12.4. The van der Waals surface area contributed by atoms with Crippen LogP contribution in [0.4, 0.5) is 0 Å². The van der Waals surface area contributed by atoms with Gasteiger partial charge in [-0.05, 0) is 42.0 Å². The Morgan fingerprint density at radius 2 is 2.30 bits per heavy atom. The van der Waals surface area contributed by atoms with Gasteiger partial charge in [0.1, 0.15) is 5.75 Å². The highest BCUT2D eigenvalue weighted by Gasteiger charge is 2.36. The maximum absolute atomic E-state index is 12.4. The molecule has 120 valence electrons. The second-order valence-electron chi connectivity index (χ2n) is 6.29. The number of nitrogens with one attached hydrogen (secondary N) is 2. The van der Waals surface area contributed by atoms with E-state index < -0.39 is 0 Å². The van der Waals surface area contributed by atoms with E-state index in [1.54, 1.807) is 6.20 Å². The molecule has 4 rings (SSSR count). The molecule has 1 aromatic heterocycles. The summed E-state index contributed by atoms with van der Waals surface area (Å²) in [4.78, 5) is 12.4. The number of ether oxygens (including phenoxy) is 1. The summed E-state index contributed by atoms with van der Waals surface area (Å²) >= 11 is 0. The molecule has 2 heterocycles. The van der Waals surface area contributed by atoms with E-state index in [1.165, 1.54) is 11.8 Å². The summed E-state index contributed by atoms with van der Waals surface area (Å²) in [6, 6.07) is 6.00. The highest BCUT2D eigenvalue weighted by Crippen LogP contribution is 2.39. The molecule has 0 spiro atoms. The fraction of sp³-hybridized carbons (Fsp3) is 0.412. The summed E-state index contributed by atoms with van der Waals surface area (Å²) in [5.41, 5.74) is 2.77. The van der Waals surface area contributed by atoms with E-state index >= 15 is 0 Å². The molecule has 23 heavy (non-hydrogen) atoms. The normalized spacial score (nSPS) is 23.5. The Kier molecular flexibility index (Phi) is 3.53. The van der Waals surface area contributed by atoms with Gasteiger partial charge in [0.2, 0.25) is 0 Å². The lowest BCUT2D eigenvalue weighted by atomic mass is 9.74. The molecule has 2 aromatic rings. The molecule has 1 fully saturated rings. The third-order valence-corrected chi connectivity index (χ3v) is 4.74. The zero-order valence-electron chi connectivity index (χ0n) is 12.7. The largest absolute Gasteiger partial charge is 0.493 e. The van der Waals surface area contributed by atoms with Crippen molar-refractivity contribution < 1.29 is 14.6 Å². The lowest BCUT2D eigenvalue weighted by Gasteiger charge is -2.38. The molecule has 1 aliphatic carbocycles. The third kappa shape index (κ3) is 2.70. The first-order valence-corrected chi connectivity index (χ1v) is 7.94. The van der Waals surface area contributed by atoms with Crippen LogP contribution >= 0.6 is 0 Å². The van der Waals surface area contributed by atoms with E-state index in [1.807, 2.05) is 12.1 Å². The molecule has 1 aromatic carbocycles. The zero-order valence-corrected chi connectivity index (χ0v) is 12.7. The van der Waals surface area contributed by atoms with Crippen molar-refractivity contribution in [2.45, 2.75) is 31.4 Å². The number of hydrogen-bond donors (Lipinski definition) is 3. The van der Waals surface area contributed by atoms with Crippen LogP contribution in [0.1, 0.15) is 40.4 Å². The van der Waals surface area contributed by atoms with Crippen molar-refractivity contribution in [2.24, 2.45) is 5.92 Å². The summed E-state index contributed by atoms with van der Waals surface area (Å²) in [5.74, 6) is 1.03. The Morgan fingerprint density at radius 1 is 1.43 bits per heavy atom. The molecule has 6 nitrogen and oxygen atoms in total. The van der Waals surface area contributed by atoms with Crippen LogP contribution in [0.25, 0.3) is 0 Å². The van der Waals surface area contributed by atoms with Crippen molar-refractivity contribution in [3.8, 4) is 5.75 Å². The number of carbonyl (C=O) groups excluding carboxylic acids is 1. The minimum Gasteiger partial charge on any atom is -0.493 e. The molecule has 1 amide bonds. The molecule has 2 aliphatic rings. The summed E-state index contributed by atoms with van der Waals surface area (Å²) in [6.07, 6.45) is 5.16. The molecule has 0 bridgehead atoms. The molecule has 6 heteroatoms. The number of aromatic amines is 1. The lowest BCUT2D eigenvalue weighted by Crippen LogP contribution is -2.41. The van der Waals surface area contributed by atoms with Crippen LogP contribution in [0.15, 0.2) is 30.6 Å². The summed E-state index contributed by atoms with van der Waals surface area (Å²) < 4.78 is 5.55. The van der Waals surface area contributed by atoms with E-state index in [4.69, 9.17) is 4.74 Å². The smallest absolute Gasteiger partial charge is 0.254 e. The number of carbonyl (C=O) groups is 1. The Hall–Kier alpha value is -2.34. The van der Waals surface area contributed by atoms with Crippen molar-refractivity contribution in [3.05, 3.63) is 47.3 Å². The van der Waals surface area contributed by atoms with Crippen LogP contribution in [-0.2, 0) is 6.42 Å². The number of amides is 1. The number of H-pyrrole nitrogens is 1. The minimum atomic E-state index is -0.258. The van der Waals surface area contributed by atoms with Gasteiger partial charge in [-0.3, -0.25) is 9.89 Å². The zero-order chi connectivity index (χ0) is 15.8. The van der Waals surface area contributed by atoms with E-state index in [9.17, 15) is 9.90 Å². The molecule has 1 saturated carbocycles. The second kappa shape index (κ2) is 5.70. The quantitative estimate of drug-likeness (QED) is 0.800. The molecule has 0 unspecified atom stereocenters. The molecule has 1 atom stereocenters. The van der Waals surface area contributed by atoms with E-state index in [0.717, 1.165) is 17.7 Å². The van der Waals surface area contributed by atoms with Crippen molar-refractivity contribution in [3.63, 3.8) is 0 Å².